The summed E-state index contributed by atoms with van der Waals surface area (Å²) in [6, 6.07) is 8.87. The number of aromatic nitrogens is 2. The second kappa shape index (κ2) is 6.41. The van der Waals surface area contributed by atoms with Crippen LogP contribution in [-0.2, 0) is 24.4 Å². The van der Waals surface area contributed by atoms with Crippen molar-refractivity contribution in [2.45, 2.75) is 45.7 Å². The minimum atomic E-state index is 0.209. The molecular formula is C17H23N3O. The Kier molecular flexibility index (Phi) is 4.36. The number of rotatable bonds is 4. The zero-order valence-electron chi connectivity index (χ0n) is 12.8. The van der Waals surface area contributed by atoms with Crippen LogP contribution in [0.5, 0.6) is 0 Å². The first-order valence-electron chi connectivity index (χ1n) is 7.61. The molecule has 0 N–H and O–H groups in total. The molecule has 1 aliphatic rings. The normalized spacial score (nSPS) is 19.5. The predicted molar refractivity (Wildman–Crippen MR) is 82.8 cm³/mol. The molecule has 4 nitrogen and oxygen atoms in total. The monoisotopic (exact) mass is 285 g/mol. The van der Waals surface area contributed by atoms with Crippen LogP contribution in [0, 0.1) is 0 Å². The average molecular weight is 285 g/mol. The minimum absolute atomic E-state index is 0.209. The van der Waals surface area contributed by atoms with Gasteiger partial charge in [0, 0.05) is 50.0 Å². The molecule has 0 spiro atoms. The Morgan fingerprint density at radius 3 is 2.95 bits per heavy atom. The molecule has 3 rings (SSSR count). The Balaban J connectivity index is 1.69. The molecule has 3 heterocycles. The molecule has 21 heavy (non-hydrogen) atoms. The molecule has 2 aromatic heterocycles. The van der Waals surface area contributed by atoms with Gasteiger partial charge in [-0.05, 0) is 37.6 Å². The topological polar surface area (TPSA) is 30.3 Å². The Morgan fingerprint density at radius 1 is 1.29 bits per heavy atom. The van der Waals surface area contributed by atoms with Crippen molar-refractivity contribution in [3.05, 3.63) is 54.1 Å². The summed E-state index contributed by atoms with van der Waals surface area (Å²) in [6.45, 7) is 8.01. The van der Waals surface area contributed by atoms with Crippen LogP contribution in [0.3, 0.4) is 0 Å². The third kappa shape index (κ3) is 3.52. The van der Waals surface area contributed by atoms with Gasteiger partial charge in [0.1, 0.15) is 0 Å². The van der Waals surface area contributed by atoms with E-state index in [2.05, 4.69) is 52.7 Å². The molecule has 4 heteroatoms. The summed E-state index contributed by atoms with van der Waals surface area (Å²) in [5.74, 6) is 0. The van der Waals surface area contributed by atoms with Gasteiger partial charge in [0.25, 0.3) is 0 Å². The highest BCUT2D eigenvalue weighted by atomic mass is 16.5. The van der Waals surface area contributed by atoms with Gasteiger partial charge in [-0.2, -0.15) is 0 Å². The summed E-state index contributed by atoms with van der Waals surface area (Å²) < 4.78 is 8.47. The van der Waals surface area contributed by atoms with Crippen molar-refractivity contribution < 1.29 is 4.74 Å². The maximum Gasteiger partial charge on any atom is 0.0885 e. The third-order valence-corrected chi connectivity index (χ3v) is 4.07. The van der Waals surface area contributed by atoms with Crippen LogP contribution < -0.4 is 0 Å². The van der Waals surface area contributed by atoms with Gasteiger partial charge in [-0.25, -0.2) is 0 Å². The van der Waals surface area contributed by atoms with Crippen LogP contribution in [0.25, 0.3) is 0 Å². The van der Waals surface area contributed by atoms with E-state index in [-0.39, 0.29) is 6.10 Å². The van der Waals surface area contributed by atoms with E-state index in [4.69, 9.17) is 4.74 Å². The first kappa shape index (κ1) is 14.3. The molecule has 2 aromatic rings. The molecule has 0 aliphatic carbocycles. The van der Waals surface area contributed by atoms with Gasteiger partial charge in [-0.15, -0.1) is 0 Å². The molecule has 112 valence electrons. The maximum atomic E-state index is 6.15. The summed E-state index contributed by atoms with van der Waals surface area (Å²) in [5.41, 5.74) is 2.50. The fraction of sp³-hybridized carbons (Fsp3) is 0.471. The summed E-state index contributed by atoms with van der Waals surface area (Å²) in [6.07, 6.45) is 6.03. The Hall–Kier alpha value is -1.65. The molecule has 0 unspecified atom stereocenters. The third-order valence-electron chi connectivity index (χ3n) is 4.07. The Bertz CT molecular complexity index is 564. The fourth-order valence-corrected chi connectivity index (χ4v) is 2.78. The smallest absolute Gasteiger partial charge is 0.0885 e. The minimum Gasteiger partial charge on any atom is -0.370 e. The second-order valence-electron chi connectivity index (χ2n) is 5.97. The quantitative estimate of drug-likeness (QED) is 0.865. The number of hydrogen-bond acceptors (Lipinski definition) is 3. The van der Waals surface area contributed by atoms with E-state index in [1.807, 2.05) is 12.3 Å². The number of nitrogens with zero attached hydrogens (tertiary/aromatic N) is 3. The highest BCUT2D eigenvalue weighted by Gasteiger charge is 2.23. The van der Waals surface area contributed by atoms with E-state index in [0.717, 1.165) is 25.2 Å². The molecule has 1 aliphatic heterocycles. The van der Waals surface area contributed by atoms with E-state index in [1.165, 1.54) is 5.69 Å². The van der Waals surface area contributed by atoms with E-state index in [9.17, 15) is 0 Å². The van der Waals surface area contributed by atoms with Crippen molar-refractivity contribution in [3.8, 4) is 0 Å². The van der Waals surface area contributed by atoms with Crippen LogP contribution in [0.2, 0.25) is 0 Å². The van der Waals surface area contributed by atoms with Gasteiger partial charge in [-0.3, -0.25) is 9.88 Å². The molecule has 1 atom stereocenters. The lowest BCUT2D eigenvalue weighted by atomic mass is 10.2. The average Bonchev–Trinajstić information content (AvgIpc) is 2.84. The number of ether oxygens (including phenoxy) is 1. The SMILES string of the molecule is CC(C)N1Cc2cccn2C[C@@H](OCc2cccnc2)C1. The van der Waals surface area contributed by atoms with Crippen molar-refractivity contribution in [2.75, 3.05) is 6.54 Å². The molecule has 0 saturated heterocycles. The van der Waals surface area contributed by atoms with Crippen LogP contribution in [-0.4, -0.2) is 33.1 Å². The molecule has 0 amide bonds. The van der Waals surface area contributed by atoms with Gasteiger partial charge in [0.15, 0.2) is 0 Å². The maximum absolute atomic E-state index is 6.15. The van der Waals surface area contributed by atoms with Crippen molar-refractivity contribution in [1.82, 2.24) is 14.5 Å². The molecule has 0 radical (unpaired) electrons. The zero-order chi connectivity index (χ0) is 14.7. The number of hydrogen-bond donors (Lipinski definition) is 0. The summed E-state index contributed by atoms with van der Waals surface area (Å²) >= 11 is 0. The van der Waals surface area contributed by atoms with Crippen LogP contribution in [0.4, 0.5) is 0 Å². The second-order valence-corrected chi connectivity index (χ2v) is 5.97. The largest absolute Gasteiger partial charge is 0.370 e. The van der Waals surface area contributed by atoms with E-state index in [0.29, 0.717) is 12.6 Å². The van der Waals surface area contributed by atoms with Gasteiger partial charge < -0.3 is 9.30 Å². The summed E-state index contributed by atoms with van der Waals surface area (Å²) in [5, 5.41) is 0. The molecule has 0 bridgehead atoms. The van der Waals surface area contributed by atoms with Crippen molar-refractivity contribution in [2.24, 2.45) is 0 Å². The van der Waals surface area contributed by atoms with E-state index < -0.39 is 0 Å². The standard InChI is InChI=1S/C17H23N3O/c1-14(2)20-10-16-6-4-8-19(16)11-17(12-20)21-13-15-5-3-7-18-9-15/h3-9,14,17H,10-13H2,1-2H3/t17-/m1/s1. The Morgan fingerprint density at radius 2 is 2.19 bits per heavy atom. The van der Waals surface area contributed by atoms with E-state index in [1.54, 1.807) is 6.20 Å². The predicted octanol–water partition coefficient (Wildman–Crippen LogP) is 2.69. The Labute approximate surface area is 126 Å². The lowest BCUT2D eigenvalue weighted by Crippen LogP contribution is -2.37. The molecule has 0 saturated carbocycles. The summed E-state index contributed by atoms with van der Waals surface area (Å²) in [4.78, 5) is 6.62. The van der Waals surface area contributed by atoms with Crippen molar-refractivity contribution in [1.29, 1.82) is 0 Å². The van der Waals surface area contributed by atoms with E-state index >= 15 is 0 Å². The van der Waals surface area contributed by atoms with Crippen molar-refractivity contribution >= 4 is 0 Å². The molecular weight excluding hydrogens is 262 g/mol. The first-order chi connectivity index (χ1) is 10.2. The lowest BCUT2D eigenvalue weighted by Gasteiger charge is -2.27. The lowest BCUT2D eigenvalue weighted by molar-refractivity contribution is 0.00432. The first-order valence-corrected chi connectivity index (χ1v) is 7.61. The van der Waals surface area contributed by atoms with Gasteiger partial charge in [0.2, 0.25) is 0 Å². The summed E-state index contributed by atoms with van der Waals surface area (Å²) in [7, 11) is 0. The van der Waals surface area contributed by atoms with Gasteiger partial charge in [-0.1, -0.05) is 6.07 Å². The van der Waals surface area contributed by atoms with Crippen LogP contribution in [0.1, 0.15) is 25.1 Å². The highest BCUT2D eigenvalue weighted by molar-refractivity contribution is 5.09. The number of fused-ring (bicyclic) bond motifs is 1. The van der Waals surface area contributed by atoms with Gasteiger partial charge in [0.05, 0.1) is 12.7 Å². The van der Waals surface area contributed by atoms with Crippen LogP contribution >= 0.6 is 0 Å². The highest BCUT2D eigenvalue weighted by Crippen LogP contribution is 2.18. The molecule has 0 fully saturated rings. The number of pyridine rings is 1. The zero-order valence-corrected chi connectivity index (χ0v) is 12.8. The van der Waals surface area contributed by atoms with Crippen molar-refractivity contribution in [3.63, 3.8) is 0 Å². The molecule has 0 aromatic carbocycles. The van der Waals surface area contributed by atoms with Gasteiger partial charge >= 0.3 is 0 Å². The van der Waals surface area contributed by atoms with Crippen LogP contribution in [0.15, 0.2) is 42.9 Å². The fourth-order valence-electron chi connectivity index (χ4n) is 2.78.